The van der Waals surface area contributed by atoms with E-state index in [4.69, 9.17) is 4.74 Å². The van der Waals surface area contributed by atoms with Gasteiger partial charge in [0.2, 0.25) is 0 Å². The van der Waals surface area contributed by atoms with Crippen LogP contribution in [-0.2, 0) is 4.79 Å². The van der Waals surface area contributed by atoms with E-state index in [0.717, 1.165) is 28.8 Å². The van der Waals surface area contributed by atoms with Crippen LogP contribution in [0.15, 0.2) is 36.4 Å². The Morgan fingerprint density at radius 3 is 2.50 bits per heavy atom. The van der Waals surface area contributed by atoms with Crippen LogP contribution < -0.4 is 4.74 Å². The summed E-state index contributed by atoms with van der Waals surface area (Å²) in [7, 11) is 3.94. The van der Waals surface area contributed by atoms with E-state index in [0.29, 0.717) is 12.4 Å². The molecule has 1 unspecified atom stereocenters. The molecule has 2 aromatic carbocycles. The average Bonchev–Trinajstić information content (AvgIpc) is 2.80. The first kappa shape index (κ1) is 16.5. The van der Waals surface area contributed by atoms with Gasteiger partial charge in [0.15, 0.2) is 0 Å². The van der Waals surface area contributed by atoms with Crippen molar-refractivity contribution in [3.05, 3.63) is 53.3 Å². The fourth-order valence-corrected chi connectivity index (χ4v) is 3.14. The van der Waals surface area contributed by atoms with Crippen molar-refractivity contribution in [3.63, 3.8) is 0 Å². The molecular formula is C19H20FNO3. The van der Waals surface area contributed by atoms with Gasteiger partial charge in [-0.15, -0.1) is 0 Å². The smallest absolute Gasteiger partial charge is 0.304 e. The van der Waals surface area contributed by atoms with Crippen molar-refractivity contribution in [2.45, 2.75) is 12.3 Å². The minimum absolute atomic E-state index is 0.0649. The molecule has 5 heteroatoms. The number of rotatable bonds is 6. The maximum absolute atomic E-state index is 13.6. The van der Waals surface area contributed by atoms with Crippen molar-refractivity contribution >= 4 is 5.97 Å². The Kier molecular flexibility index (Phi) is 4.53. The number of likely N-dealkylation sites (N-methyl/N-ethyl adjacent to an activating group) is 1. The highest BCUT2D eigenvalue weighted by molar-refractivity contribution is 5.82. The molecule has 1 aliphatic rings. The molecule has 0 aromatic heterocycles. The summed E-state index contributed by atoms with van der Waals surface area (Å²) >= 11 is 0. The van der Waals surface area contributed by atoms with Crippen molar-refractivity contribution in [2.24, 2.45) is 0 Å². The second-order valence-electron chi connectivity index (χ2n) is 6.28. The predicted octanol–water partition coefficient (Wildman–Crippen LogP) is 3.35. The van der Waals surface area contributed by atoms with Gasteiger partial charge in [0.05, 0.1) is 6.42 Å². The Balaban J connectivity index is 1.94. The molecule has 0 saturated carbocycles. The van der Waals surface area contributed by atoms with Crippen molar-refractivity contribution < 1.29 is 19.0 Å². The summed E-state index contributed by atoms with van der Waals surface area (Å²) in [5.41, 5.74) is 3.48. The monoisotopic (exact) mass is 329 g/mol. The number of carboxylic acid groups (broad SMARTS) is 1. The predicted molar refractivity (Wildman–Crippen MR) is 90.0 cm³/mol. The summed E-state index contributed by atoms with van der Waals surface area (Å²) < 4.78 is 19.4. The molecule has 0 radical (unpaired) electrons. The van der Waals surface area contributed by atoms with Gasteiger partial charge in [-0.25, -0.2) is 4.39 Å². The highest BCUT2D eigenvalue weighted by Crippen LogP contribution is 2.47. The number of ether oxygens (including phenoxy) is 1. The molecule has 0 saturated heterocycles. The highest BCUT2D eigenvalue weighted by Gasteiger charge is 2.31. The molecular weight excluding hydrogens is 309 g/mol. The first-order valence-corrected chi connectivity index (χ1v) is 7.89. The Morgan fingerprint density at radius 1 is 1.17 bits per heavy atom. The van der Waals surface area contributed by atoms with E-state index in [1.54, 1.807) is 6.07 Å². The Morgan fingerprint density at radius 2 is 1.83 bits per heavy atom. The molecule has 1 aliphatic carbocycles. The second kappa shape index (κ2) is 6.61. The Labute approximate surface area is 140 Å². The number of carboxylic acids is 1. The third-order valence-corrected chi connectivity index (χ3v) is 4.26. The van der Waals surface area contributed by atoms with Crippen LogP contribution in [0, 0.1) is 5.82 Å². The van der Waals surface area contributed by atoms with Gasteiger partial charge in [0, 0.05) is 12.5 Å². The van der Waals surface area contributed by atoms with Crippen LogP contribution in [0.1, 0.15) is 23.5 Å². The number of fused-ring (bicyclic) bond motifs is 3. The molecule has 1 atom stereocenters. The molecule has 2 aromatic rings. The molecule has 0 fully saturated rings. The van der Waals surface area contributed by atoms with Crippen molar-refractivity contribution in [1.82, 2.24) is 4.90 Å². The van der Waals surface area contributed by atoms with E-state index in [-0.39, 0.29) is 18.2 Å². The number of halogens is 1. The van der Waals surface area contributed by atoms with E-state index in [1.807, 2.05) is 37.2 Å². The highest BCUT2D eigenvalue weighted by atomic mass is 19.1. The van der Waals surface area contributed by atoms with Gasteiger partial charge in [-0.05, 0) is 60.6 Å². The van der Waals surface area contributed by atoms with E-state index >= 15 is 0 Å². The lowest BCUT2D eigenvalue weighted by atomic mass is 9.93. The standard InChI is InChI=1S/C19H20FNO3/c1-21(2)7-8-24-13-4-6-15-14-5-3-12(20)9-16(14)18(11-19(22)23)17(15)10-13/h3-6,9-10,18H,7-8,11H2,1-2H3,(H,22,23). The molecule has 0 amide bonds. The zero-order valence-electron chi connectivity index (χ0n) is 13.8. The third-order valence-electron chi connectivity index (χ3n) is 4.26. The van der Waals surface area contributed by atoms with Crippen LogP contribution in [-0.4, -0.2) is 43.2 Å². The third kappa shape index (κ3) is 3.26. The van der Waals surface area contributed by atoms with Crippen LogP contribution in [0.25, 0.3) is 11.1 Å². The molecule has 24 heavy (non-hydrogen) atoms. The van der Waals surface area contributed by atoms with E-state index in [9.17, 15) is 14.3 Å². The van der Waals surface area contributed by atoms with Gasteiger partial charge in [-0.1, -0.05) is 12.1 Å². The summed E-state index contributed by atoms with van der Waals surface area (Å²) in [6.45, 7) is 1.35. The quantitative estimate of drug-likeness (QED) is 0.883. The summed E-state index contributed by atoms with van der Waals surface area (Å²) in [4.78, 5) is 13.3. The van der Waals surface area contributed by atoms with Crippen LogP contribution >= 0.6 is 0 Å². The fourth-order valence-electron chi connectivity index (χ4n) is 3.14. The van der Waals surface area contributed by atoms with Crippen molar-refractivity contribution in [3.8, 4) is 16.9 Å². The Hall–Kier alpha value is -2.40. The molecule has 0 spiro atoms. The first-order chi connectivity index (χ1) is 11.5. The Bertz CT molecular complexity index is 773. The molecule has 0 heterocycles. The molecule has 0 aliphatic heterocycles. The van der Waals surface area contributed by atoms with Gasteiger partial charge in [-0.2, -0.15) is 0 Å². The topological polar surface area (TPSA) is 49.8 Å². The maximum Gasteiger partial charge on any atom is 0.304 e. The summed E-state index contributed by atoms with van der Waals surface area (Å²) in [5.74, 6) is -0.888. The minimum atomic E-state index is -0.901. The molecule has 1 N–H and O–H groups in total. The van der Waals surface area contributed by atoms with Crippen LogP contribution in [0.2, 0.25) is 0 Å². The SMILES string of the molecule is CN(C)CCOc1ccc2c(c1)C(CC(=O)O)c1cc(F)ccc1-2. The van der Waals surface area contributed by atoms with Gasteiger partial charge in [0.1, 0.15) is 18.2 Å². The van der Waals surface area contributed by atoms with Crippen molar-refractivity contribution in [1.29, 1.82) is 0 Å². The first-order valence-electron chi connectivity index (χ1n) is 7.89. The summed E-state index contributed by atoms with van der Waals surface area (Å²) in [5, 5.41) is 9.24. The van der Waals surface area contributed by atoms with E-state index in [2.05, 4.69) is 0 Å². The number of aliphatic carboxylic acids is 1. The van der Waals surface area contributed by atoms with Gasteiger partial charge >= 0.3 is 5.97 Å². The minimum Gasteiger partial charge on any atom is -0.492 e. The normalized spacial score (nSPS) is 15.2. The molecule has 3 rings (SSSR count). The molecule has 0 bridgehead atoms. The molecule has 126 valence electrons. The van der Waals surface area contributed by atoms with Gasteiger partial charge in [-0.3, -0.25) is 4.79 Å². The number of benzene rings is 2. The number of carbonyl (C=O) groups is 1. The van der Waals surface area contributed by atoms with E-state index in [1.165, 1.54) is 12.1 Å². The van der Waals surface area contributed by atoms with Gasteiger partial charge < -0.3 is 14.7 Å². The second-order valence-corrected chi connectivity index (χ2v) is 6.28. The summed E-state index contributed by atoms with van der Waals surface area (Å²) in [6, 6.07) is 10.3. The fraction of sp³-hybridized carbons (Fsp3) is 0.316. The van der Waals surface area contributed by atoms with Gasteiger partial charge in [0.25, 0.3) is 0 Å². The number of hydrogen-bond acceptors (Lipinski definition) is 3. The lowest BCUT2D eigenvalue weighted by Crippen LogP contribution is -2.19. The van der Waals surface area contributed by atoms with Crippen molar-refractivity contribution in [2.75, 3.05) is 27.2 Å². The van der Waals surface area contributed by atoms with E-state index < -0.39 is 5.97 Å². The zero-order chi connectivity index (χ0) is 17.3. The van der Waals surface area contributed by atoms with Crippen LogP contribution in [0.3, 0.4) is 0 Å². The lowest BCUT2D eigenvalue weighted by Gasteiger charge is -2.14. The van der Waals surface area contributed by atoms with Crippen LogP contribution in [0.4, 0.5) is 4.39 Å². The average molecular weight is 329 g/mol. The molecule has 4 nitrogen and oxygen atoms in total. The largest absolute Gasteiger partial charge is 0.492 e. The maximum atomic E-state index is 13.6. The summed E-state index contributed by atoms with van der Waals surface area (Å²) in [6.07, 6.45) is -0.0649. The van der Waals surface area contributed by atoms with Crippen LogP contribution in [0.5, 0.6) is 5.75 Å². The zero-order valence-corrected chi connectivity index (χ0v) is 13.8. The lowest BCUT2D eigenvalue weighted by molar-refractivity contribution is -0.137. The number of nitrogens with zero attached hydrogens (tertiary/aromatic N) is 1. The number of hydrogen-bond donors (Lipinski definition) is 1.